The summed E-state index contributed by atoms with van der Waals surface area (Å²) in [5.74, 6) is -2.18. The molecule has 0 aromatic rings. The third-order valence-corrected chi connectivity index (χ3v) is 3.63. The molecule has 130 valence electrons. The van der Waals surface area contributed by atoms with Gasteiger partial charge in [0.25, 0.3) is 0 Å². The maximum atomic E-state index is 13.0. The zero-order chi connectivity index (χ0) is 17.6. The van der Waals surface area contributed by atoms with E-state index in [0.29, 0.717) is 6.42 Å². The molecule has 0 heterocycles. The van der Waals surface area contributed by atoms with Gasteiger partial charge in [0.05, 0.1) is 12.5 Å². The van der Waals surface area contributed by atoms with E-state index in [-0.39, 0.29) is 0 Å². The second kappa shape index (κ2) is 8.32. The van der Waals surface area contributed by atoms with E-state index in [1.165, 1.54) is 0 Å². The fraction of sp³-hybridized carbons (Fsp3) is 0.818. The Labute approximate surface area is 125 Å². The maximum absolute atomic E-state index is 13.0. The monoisotopic (exact) mass is 350 g/mol. The molecule has 0 amide bonds. The number of carbonyl (C=O) groups is 2. The molecule has 22 heavy (non-hydrogen) atoms. The first-order valence-corrected chi connectivity index (χ1v) is 7.68. The SMILES string of the molecule is CCC(C)C(=O)OCC(=O)OCCC(F)C(F)(F)S(=O)(=O)O. The minimum absolute atomic E-state index is 0.434. The van der Waals surface area contributed by atoms with E-state index in [9.17, 15) is 31.2 Å². The number of rotatable bonds is 9. The van der Waals surface area contributed by atoms with E-state index in [1.807, 2.05) is 0 Å². The van der Waals surface area contributed by atoms with Crippen LogP contribution in [0.15, 0.2) is 0 Å². The minimum Gasteiger partial charge on any atom is -0.463 e. The predicted molar refractivity (Wildman–Crippen MR) is 67.4 cm³/mol. The van der Waals surface area contributed by atoms with E-state index >= 15 is 0 Å². The number of carbonyl (C=O) groups excluding carboxylic acids is 2. The van der Waals surface area contributed by atoms with E-state index in [4.69, 9.17) is 4.55 Å². The lowest BCUT2D eigenvalue weighted by atomic mass is 10.1. The van der Waals surface area contributed by atoms with E-state index < -0.39 is 59.0 Å². The summed E-state index contributed by atoms with van der Waals surface area (Å²) in [5, 5.41) is -5.00. The molecule has 0 saturated carbocycles. The van der Waals surface area contributed by atoms with Crippen LogP contribution in [0.3, 0.4) is 0 Å². The summed E-state index contributed by atoms with van der Waals surface area (Å²) in [6.45, 7) is 1.65. The Morgan fingerprint density at radius 1 is 1.27 bits per heavy atom. The Morgan fingerprint density at radius 3 is 2.27 bits per heavy atom. The highest BCUT2D eigenvalue weighted by Crippen LogP contribution is 2.29. The van der Waals surface area contributed by atoms with E-state index in [1.54, 1.807) is 13.8 Å². The molecular formula is C11H17F3O7S. The third kappa shape index (κ3) is 6.18. The van der Waals surface area contributed by atoms with Gasteiger partial charge in [-0.1, -0.05) is 13.8 Å². The van der Waals surface area contributed by atoms with E-state index in [0.717, 1.165) is 0 Å². The Balaban J connectivity index is 4.16. The molecule has 0 aromatic heterocycles. The number of hydrogen-bond acceptors (Lipinski definition) is 6. The van der Waals surface area contributed by atoms with Crippen LogP contribution in [-0.4, -0.2) is 49.5 Å². The lowest BCUT2D eigenvalue weighted by Crippen LogP contribution is -2.39. The summed E-state index contributed by atoms with van der Waals surface area (Å²) in [5.41, 5.74) is 0. The summed E-state index contributed by atoms with van der Waals surface area (Å²) < 4.78 is 76.2. The highest BCUT2D eigenvalue weighted by Gasteiger charge is 2.52. The van der Waals surface area contributed by atoms with Crippen molar-refractivity contribution in [3.05, 3.63) is 0 Å². The Bertz CT molecular complexity index is 492. The first-order valence-electron chi connectivity index (χ1n) is 6.24. The normalized spacial score (nSPS) is 15.0. The number of ether oxygens (including phenoxy) is 2. The van der Waals surface area contributed by atoms with Crippen LogP contribution in [0.25, 0.3) is 0 Å². The molecule has 0 aliphatic heterocycles. The lowest BCUT2D eigenvalue weighted by molar-refractivity contribution is -0.161. The summed E-state index contributed by atoms with van der Waals surface area (Å²) in [6.07, 6.45) is -3.92. The van der Waals surface area contributed by atoms with Gasteiger partial charge >= 0.3 is 27.3 Å². The van der Waals surface area contributed by atoms with Crippen LogP contribution in [0.2, 0.25) is 0 Å². The van der Waals surface area contributed by atoms with Crippen molar-refractivity contribution in [3.63, 3.8) is 0 Å². The molecule has 7 nitrogen and oxygen atoms in total. The molecule has 11 heteroatoms. The van der Waals surface area contributed by atoms with Gasteiger partial charge in [0, 0.05) is 6.42 Å². The number of halogens is 3. The first-order chi connectivity index (χ1) is 9.93. The Kier molecular flexibility index (Phi) is 7.81. The van der Waals surface area contributed by atoms with Gasteiger partial charge in [0.2, 0.25) is 0 Å². The molecule has 0 aliphatic rings. The van der Waals surface area contributed by atoms with Crippen molar-refractivity contribution in [1.29, 1.82) is 0 Å². The van der Waals surface area contributed by atoms with Gasteiger partial charge in [0.1, 0.15) is 0 Å². The topological polar surface area (TPSA) is 107 Å². The van der Waals surface area contributed by atoms with Crippen LogP contribution in [0, 0.1) is 5.92 Å². The summed E-state index contributed by atoms with van der Waals surface area (Å²) in [4.78, 5) is 22.3. The average Bonchev–Trinajstić information content (AvgIpc) is 2.42. The Hall–Kier alpha value is -1.36. The van der Waals surface area contributed by atoms with Gasteiger partial charge in [-0.05, 0) is 6.42 Å². The van der Waals surface area contributed by atoms with Gasteiger partial charge in [-0.25, -0.2) is 9.18 Å². The van der Waals surface area contributed by atoms with Crippen LogP contribution < -0.4 is 0 Å². The molecule has 0 spiro atoms. The number of alkyl halides is 3. The molecule has 2 unspecified atom stereocenters. The number of esters is 2. The molecule has 0 rings (SSSR count). The molecule has 0 bridgehead atoms. The second-order valence-corrected chi connectivity index (χ2v) is 5.92. The maximum Gasteiger partial charge on any atom is 0.400 e. The molecule has 0 aromatic carbocycles. The van der Waals surface area contributed by atoms with Crippen LogP contribution >= 0.6 is 0 Å². The largest absolute Gasteiger partial charge is 0.463 e. The zero-order valence-electron chi connectivity index (χ0n) is 11.9. The minimum atomic E-state index is -5.90. The fourth-order valence-corrected chi connectivity index (χ4v) is 1.53. The quantitative estimate of drug-likeness (QED) is 0.494. The van der Waals surface area contributed by atoms with Crippen molar-refractivity contribution >= 4 is 22.1 Å². The average molecular weight is 350 g/mol. The van der Waals surface area contributed by atoms with Gasteiger partial charge in [-0.2, -0.15) is 17.2 Å². The van der Waals surface area contributed by atoms with E-state index in [2.05, 4.69) is 9.47 Å². The first kappa shape index (κ1) is 20.6. The molecule has 0 saturated heterocycles. The highest BCUT2D eigenvalue weighted by atomic mass is 32.2. The van der Waals surface area contributed by atoms with Crippen molar-refractivity contribution < 1.29 is 45.2 Å². The van der Waals surface area contributed by atoms with Gasteiger partial charge in [0.15, 0.2) is 12.8 Å². The van der Waals surface area contributed by atoms with Crippen molar-refractivity contribution in [2.45, 2.75) is 38.1 Å². The third-order valence-electron chi connectivity index (χ3n) is 2.69. The van der Waals surface area contributed by atoms with Crippen molar-refractivity contribution in [2.75, 3.05) is 13.2 Å². The van der Waals surface area contributed by atoms with Crippen LogP contribution in [-0.2, 0) is 29.2 Å². The van der Waals surface area contributed by atoms with Gasteiger partial charge in [-0.15, -0.1) is 0 Å². The highest BCUT2D eigenvalue weighted by molar-refractivity contribution is 7.86. The molecule has 2 atom stereocenters. The van der Waals surface area contributed by atoms with Crippen LogP contribution in [0.5, 0.6) is 0 Å². The second-order valence-electron chi connectivity index (χ2n) is 4.43. The van der Waals surface area contributed by atoms with Crippen LogP contribution in [0.1, 0.15) is 26.7 Å². The van der Waals surface area contributed by atoms with Gasteiger partial charge < -0.3 is 9.47 Å². The zero-order valence-corrected chi connectivity index (χ0v) is 12.7. The Morgan fingerprint density at radius 2 is 1.82 bits per heavy atom. The summed E-state index contributed by atoms with van der Waals surface area (Å²) in [7, 11) is -5.90. The standard InChI is InChI=1S/C11H17F3O7S/c1-3-7(2)10(16)21-6-9(15)20-5-4-8(12)11(13,14)22(17,18)19/h7-8H,3-6H2,1-2H3,(H,17,18,19). The molecule has 1 N–H and O–H groups in total. The van der Waals surface area contributed by atoms with Crippen LogP contribution in [0.4, 0.5) is 13.2 Å². The van der Waals surface area contributed by atoms with Crippen molar-refractivity contribution in [2.24, 2.45) is 5.92 Å². The fourth-order valence-electron chi connectivity index (χ4n) is 1.09. The summed E-state index contributed by atoms with van der Waals surface area (Å²) in [6, 6.07) is 0. The number of hydrogen-bond donors (Lipinski definition) is 1. The lowest BCUT2D eigenvalue weighted by Gasteiger charge is -2.17. The smallest absolute Gasteiger partial charge is 0.400 e. The summed E-state index contributed by atoms with van der Waals surface area (Å²) >= 11 is 0. The molecule has 0 radical (unpaired) electrons. The van der Waals surface area contributed by atoms with Crippen molar-refractivity contribution in [3.8, 4) is 0 Å². The molecular weight excluding hydrogens is 333 g/mol. The molecule has 0 aliphatic carbocycles. The predicted octanol–water partition coefficient (Wildman–Crippen LogP) is 1.33. The van der Waals surface area contributed by atoms with Crippen molar-refractivity contribution in [1.82, 2.24) is 0 Å². The molecule has 0 fully saturated rings. The van der Waals surface area contributed by atoms with Gasteiger partial charge in [-0.3, -0.25) is 9.35 Å².